The quantitative estimate of drug-likeness (QED) is 0.761. The first-order chi connectivity index (χ1) is 8.09. The van der Waals surface area contributed by atoms with E-state index in [9.17, 15) is 5.11 Å². The average molecular weight is 235 g/mol. The van der Waals surface area contributed by atoms with E-state index < -0.39 is 0 Å². The molecule has 2 atom stereocenters. The Labute approximate surface area is 105 Å². The zero-order chi connectivity index (χ0) is 12.7. The molecule has 0 aliphatic rings. The summed E-state index contributed by atoms with van der Waals surface area (Å²) in [4.78, 5) is 0. The van der Waals surface area contributed by atoms with Crippen LogP contribution in [0.2, 0.25) is 0 Å². The number of hydrogen-bond acceptors (Lipinski definition) is 2. The third-order valence-corrected chi connectivity index (χ3v) is 3.07. The Hall–Kier alpha value is -0.860. The Kier molecular flexibility index (Phi) is 6.23. The fourth-order valence-corrected chi connectivity index (χ4v) is 1.96. The summed E-state index contributed by atoms with van der Waals surface area (Å²) in [6.07, 6.45) is 1.94. The standard InChI is InChI=1S/C15H25NO/c1-12(2)15(16-11-13(3)17)10-9-14-7-5-4-6-8-14/h4-8,12-13,15-17H,9-11H2,1-3H3. The van der Waals surface area contributed by atoms with Gasteiger partial charge in [-0.1, -0.05) is 44.2 Å². The van der Waals surface area contributed by atoms with Gasteiger partial charge in [0.15, 0.2) is 0 Å². The van der Waals surface area contributed by atoms with Gasteiger partial charge in [0, 0.05) is 12.6 Å². The third-order valence-electron chi connectivity index (χ3n) is 3.07. The molecule has 0 radical (unpaired) electrons. The molecule has 2 nitrogen and oxygen atoms in total. The van der Waals surface area contributed by atoms with Crippen molar-refractivity contribution in [3.63, 3.8) is 0 Å². The van der Waals surface area contributed by atoms with Gasteiger partial charge in [0.05, 0.1) is 6.10 Å². The largest absolute Gasteiger partial charge is 0.392 e. The number of aryl methyl sites for hydroxylation is 1. The zero-order valence-corrected chi connectivity index (χ0v) is 11.2. The second-order valence-electron chi connectivity index (χ2n) is 5.13. The minimum absolute atomic E-state index is 0.270. The van der Waals surface area contributed by atoms with Gasteiger partial charge in [0.25, 0.3) is 0 Å². The second-order valence-corrected chi connectivity index (χ2v) is 5.13. The highest BCUT2D eigenvalue weighted by Crippen LogP contribution is 2.11. The zero-order valence-electron chi connectivity index (χ0n) is 11.2. The Morgan fingerprint density at radius 1 is 1.12 bits per heavy atom. The van der Waals surface area contributed by atoms with E-state index >= 15 is 0 Å². The highest BCUT2D eigenvalue weighted by Gasteiger charge is 2.13. The maximum absolute atomic E-state index is 9.31. The molecule has 0 bridgehead atoms. The Balaban J connectivity index is 2.39. The van der Waals surface area contributed by atoms with Gasteiger partial charge in [-0.25, -0.2) is 0 Å². The molecule has 1 rings (SSSR count). The number of aliphatic hydroxyl groups excluding tert-OH is 1. The first-order valence-corrected chi connectivity index (χ1v) is 6.55. The van der Waals surface area contributed by atoms with Crippen molar-refractivity contribution in [1.29, 1.82) is 0 Å². The van der Waals surface area contributed by atoms with Crippen molar-refractivity contribution >= 4 is 0 Å². The molecule has 0 aromatic heterocycles. The van der Waals surface area contributed by atoms with Crippen LogP contribution < -0.4 is 5.32 Å². The molecular formula is C15H25NO. The van der Waals surface area contributed by atoms with Crippen LogP contribution in [0.4, 0.5) is 0 Å². The van der Waals surface area contributed by atoms with E-state index in [1.54, 1.807) is 0 Å². The maximum atomic E-state index is 9.31. The van der Waals surface area contributed by atoms with Crippen LogP contribution in [0.5, 0.6) is 0 Å². The van der Waals surface area contributed by atoms with Crippen LogP contribution in [0.1, 0.15) is 32.8 Å². The highest BCUT2D eigenvalue weighted by atomic mass is 16.3. The molecule has 0 aliphatic heterocycles. The highest BCUT2D eigenvalue weighted by molar-refractivity contribution is 5.14. The number of rotatable bonds is 7. The molecule has 2 unspecified atom stereocenters. The minimum atomic E-state index is -0.270. The van der Waals surface area contributed by atoms with Crippen LogP contribution in [0, 0.1) is 5.92 Å². The van der Waals surface area contributed by atoms with Crippen LogP contribution in [0.15, 0.2) is 30.3 Å². The molecule has 1 aromatic carbocycles. The van der Waals surface area contributed by atoms with Crippen LogP contribution in [-0.2, 0) is 6.42 Å². The van der Waals surface area contributed by atoms with Gasteiger partial charge >= 0.3 is 0 Å². The molecule has 0 spiro atoms. The van der Waals surface area contributed by atoms with Crippen LogP contribution in [-0.4, -0.2) is 23.8 Å². The fraction of sp³-hybridized carbons (Fsp3) is 0.600. The molecule has 0 heterocycles. The Bertz CT molecular complexity index is 295. The maximum Gasteiger partial charge on any atom is 0.0636 e. The summed E-state index contributed by atoms with van der Waals surface area (Å²) in [5.41, 5.74) is 1.39. The lowest BCUT2D eigenvalue weighted by Crippen LogP contribution is -2.38. The monoisotopic (exact) mass is 235 g/mol. The lowest BCUT2D eigenvalue weighted by atomic mass is 9.96. The first-order valence-electron chi connectivity index (χ1n) is 6.55. The van der Waals surface area contributed by atoms with Crippen molar-refractivity contribution in [2.45, 2.75) is 45.8 Å². The van der Waals surface area contributed by atoms with Crippen LogP contribution in [0.25, 0.3) is 0 Å². The molecule has 0 saturated heterocycles. The second kappa shape index (κ2) is 7.46. The van der Waals surface area contributed by atoms with E-state index in [2.05, 4.69) is 49.5 Å². The SMILES string of the molecule is CC(O)CNC(CCc1ccccc1)C(C)C. The Morgan fingerprint density at radius 2 is 1.76 bits per heavy atom. The number of benzene rings is 1. The molecule has 0 saturated carbocycles. The summed E-state index contributed by atoms with van der Waals surface area (Å²) in [5.74, 6) is 0.595. The van der Waals surface area contributed by atoms with Crippen molar-refractivity contribution in [1.82, 2.24) is 5.32 Å². The molecule has 96 valence electrons. The lowest BCUT2D eigenvalue weighted by Gasteiger charge is -2.23. The van der Waals surface area contributed by atoms with E-state index in [1.807, 2.05) is 6.92 Å². The topological polar surface area (TPSA) is 32.3 Å². The van der Waals surface area contributed by atoms with E-state index in [4.69, 9.17) is 0 Å². The van der Waals surface area contributed by atoms with Gasteiger partial charge in [0.1, 0.15) is 0 Å². The van der Waals surface area contributed by atoms with E-state index in [1.165, 1.54) is 5.56 Å². The van der Waals surface area contributed by atoms with Crippen molar-refractivity contribution in [3.8, 4) is 0 Å². The van der Waals surface area contributed by atoms with Gasteiger partial charge in [-0.05, 0) is 31.2 Å². The van der Waals surface area contributed by atoms with Crippen molar-refractivity contribution in [2.75, 3.05) is 6.54 Å². The molecule has 1 aromatic rings. The molecule has 0 fully saturated rings. The summed E-state index contributed by atoms with van der Waals surface area (Å²) >= 11 is 0. The summed E-state index contributed by atoms with van der Waals surface area (Å²) < 4.78 is 0. The predicted molar refractivity (Wildman–Crippen MR) is 73.1 cm³/mol. The molecule has 0 amide bonds. The molecule has 2 heteroatoms. The normalized spacial score (nSPS) is 14.9. The summed E-state index contributed by atoms with van der Waals surface area (Å²) in [6.45, 7) is 6.95. The minimum Gasteiger partial charge on any atom is -0.392 e. The predicted octanol–water partition coefficient (Wildman–Crippen LogP) is 2.61. The average Bonchev–Trinajstić information content (AvgIpc) is 2.29. The first kappa shape index (κ1) is 14.2. The van der Waals surface area contributed by atoms with Gasteiger partial charge in [0.2, 0.25) is 0 Å². The van der Waals surface area contributed by atoms with Crippen molar-refractivity contribution in [2.24, 2.45) is 5.92 Å². The number of aliphatic hydroxyl groups is 1. The van der Waals surface area contributed by atoms with E-state index in [0.29, 0.717) is 18.5 Å². The molecule has 0 aliphatic carbocycles. The van der Waals surface area contributed by atoms with Crippen molar-refractivity contribution in [3.05, 3.63) is 35.9 Å². The molecular weight excluding hydrogens is 210 g/mol. The fourth-order valence-electron chi connectivity index (χ4n) is 1.96. The lowest BCUT2D eigenvalue weighted by molar-refractivity contribution is 0.180. The number of hydrogen-bond donors (Lipinski definition) is 2. The van der Waals surface area contributed by atoms with Gasteiger partial charge < -0.3 is 10.4 Å². The Morgan fingerprint density at radius 3 is 2.29 bits per heavy atom. The summed E-state index contributed by atoms with van der Waals surface area (Å²) in [5, 5.41) is 12.7. The molecule has 2 N–H and O–H groups in total. The van der Waals surface area contributed by atoms with E-state index in [0.717, 1.165) is 12.8 Å². The molecule has 17 heavy (non-hydrogen) atoms. The summed E-state index contributed by atoms with van der Waals surface area (Å²) in [7, 11) is 0. The van der Waals surface area contributed by atoms with Crippen molar-refractivity contribution < 1.29 is 5.11 Å². The van der Waals surface area contributed by atoms with Crippen LogP contribution >= 0.6 is 0 Å². The summed E-state index contributed by atoms with van der Waals surface area (Å²) in [6, 6.07) is 11.0. The van der Waals surface area contributed by atoms with Gasteiger partial charge in [-0.3, -0.25) is 0 Å². The van der Waals surface area contributed by atoms with Crippen LogP contribution in [0.3, 0.4) is 0 Å². The van der Waals surface area contributed by atoms with Gasteiger partial charge in [-0.15, -0.1) is 0 Å². The van der Waals surface area contributed by atoms with E-state index in [-0.39, 0.29) is 6.10 Å². The third kappa shape index (κ3) is 5.85. The smallest absolute Gasteiger partial charge is 0.0636 e. The number of nitrogens with one attached hydrogen (secondary N) is 1. The van der Waals surface area contributed by atoms with Gasteiger partial charge in [-0.2, -0.15) is 0 Å².